The molecule has 0 saturated heterocycles. The van der Waals surface area contributed by atoms with Gasteiger partial charge in [0, 0.05) is 6.08 Å². The van der Waals surface area contributed by atoms with Gasteiger partial charge in [-0.3, -0.25) is 0 Å². The third-order valence-electron chi connectivity index (χ3n) is 2.72. The molecule has 0 amide bonds. The summed E-state index contributed by atoms with van der Waals surface area (Å²) in [7, 11) is 0. The van der Waals surface area contributed by atoms with Crippen molar-refractivity contribution in [3.63, 3.8) is 0 Å². The van der Waals surface area contributed by atoms with E-state index in [0.717, 1.165) is 12.1 Å². The third kappa shape index (κ3) is 3.24. The van der Waals surface area contributed by atoms with Crippen molar-refractivity contribution in [2.75, 3.05) is 0 Å². The lowest BCUT2D eigenvalue weighted by Gasteiger charge is -2.16. The van der Waals surface area contributed by atoms with E-state index in [1.807, 2.05) is 0 Å². The molecule has 1 aromatic rings. The van der Waals surface area contributed by atoms with E-state index >= 15 is 0 Å². The van der Waals surface area contributed by atoms with Gasteiger partial charge in [-0.25, -0.2) is 4.79 Å². The van der Waals surface area contributed by atoms with Crippen LogP contribution in [0.2, 0.25) is 0 Å². The Morgan fingerprint density at radius 3 is 2.32 bits per heavy atom. The molecule has 0 aromatic heterocycles. The van der Waals surface area contributed by atoms with E-state index in [-0.39, 0.29) is 0 Å². The van der Waals surface area contributed by atoms with E-state index in [1.165, 1.54) is 18.2 Å². The monoisotopic (exact) mass is 268 g/mol. The first kappa shape index (κ1) is 13.4. The van der Waals surface area contributed by atoms with Crippen LogP contribution in [0, 0.1) is 0 Å². The van der Waals surface area contributed by atoms with Crippen LogP contribution in [0.4, 0.5) is 13.2 Å². The van der Waals surface area contributed by atoms with Crippen LogP contribution < -0.4 is 0 Å². The molecular formula is C14H11F3O2. The van der Waals surface area contributed by atoms with E-state index in [2.05, 4.69) is 0 Å². The van der Waals surface area contributed by atoms with Gasteiger partial charge in [-0.1, -0.05) is 18.2 Å². The molecule has 0 saturated carbocycles. The average molecular weight is 268 g/mol. The van der Waals surface area contributed by atoms with E-state index in [1.54, 1.807) is 25.2 Å². The molecule has 19 heavy (non-hydrogen) atoms. The molecule has 1 aliphatic rings. The molecular weight excluding hydrogens is 257 g/mol. The molecule has 0 N–H and O–H groups in total. The summed E-state index contributed by atoms with van der Waals surface area (Å²) < 4.78 is 42.1. The summed E-state index contributed by atoms with van der Waals surface area (Å²) in [4.78, 5) is 11.0. The molecule has 1 unspecified atom stereocenters. The minimum Gasteiger partial charge on any atom is -0.448 e. The number of cyclic esters (lactones) is 1. The number of carbonyl (C=O) groups excluding carboxylic acids is 1. The Labute approximate surface area is 108 Å². The number of benzene rings is 1. The summed E-state index contributed by atoms with van der Waals surface area (Å²) in [6.07, 6.45) is 1.81. The summed E-state index contributed by atoms with van der Waals surface area (Å²) in [5, 5.41) is 0. The minimum atomic E-state index is -4.34. The van der Waals surface area contributed by atoms with Crippen LogP contribution in [0.5, 0.6) is 0 Å². The SMILES string of the molecule is CC1(/C=C/c2ccc(C(F)(F)F)cc2)C=CC(=O)O1. The highest BCUT2D eigenvalue weighted by Gasteiger charge is 2.30. The summed E-state index contributed by atoms with van der Waals surface area (Å²) in [6.45, 7) is 1.69. The third-order valence-corrected chi connectivity index (χ3v) is 2.72. The largest absolute Gasteiger partial charge is 0.448 e. The van der Waals surface area contributed by atoms with Gasteiger partial charge >= 0.3 is 12.1 Å². The summed E-state index contributed by atoms with van der Waals surface area (Å²) >= 11 is 0. The van der Waals surface area contributed by atoms with Gasteiger partial charge < -0.3 is 4.74 Å². The molecule has 1 atom stereocenters. The fourth-order valence-corrected chi connectivity index (χ4v) is 1.65. The van der Waals surface area contributed by atoms with Crippen LogP contribution in [-0.2, 0) is 15.7 Å². The predicted molar refractivity (Wildman–Crippen MR) is 64.1 cm³/mol. The van der Waals surface area contributed by atoms with Crippen molar-refractivity contribution in [2.45, 2.75) is 18.7 Å². The predicted octanol–water partition coefficient (Wildman–Crippen LogP) is 3.59. The maximum absolute atomic E-state index is 12.4. The highest BCUT2D eigenvalue weighted by atomic mass is 19.4. The molecule has 5 heteroatoms. The number of halogens is 3. The van der Waals surface area contributed by atoms with Crippen molar-refractivity contribution in [3.8, 4) is 0 Å². The molecule has 0 radical (unpaired) electrons. The highest BCUT2D eigenvalue weighted by Crippen LogP contribution is 2.29. The van der Waals surface area contributed by atoms with Gasteiger partial charge in [0.05, 0.1) is 5.56 Å². The Hall–Kier alpha value is -2.04. The van der Waals surface area contributed by atoms with Crippen molar-refractivity contribution in [2.24, 2.45) is 0 Å². The topological polar surface area (TPSA) is 26.3 Å². The van der Waals surface area contributed by atoms with Gasteiger partial charge in [-0.05, 0) is 36.8 Å². The van der Waals surface area contributed by atoms with E-state index in [0.29, 0.717) is 5.56 Å². The zero-order chi connectivity index (χ0) is 14.1. The average Bonchev–Trinajstić information content (AvgIpc) is 2.67. The van der Waals surface area contributed by atoms with Crippen LogP contribution >= 0.6 is 0 Å². The smallest absolute Gasteiger partial charge is 0.416 e. The van der Waals surface area contributed by atoms with Crippen LogP contribution in [0.15, 0.2) is 42.5 Å². The molecule has 2 nitrogen and oxygen atoms in total. The first-order valence-corrected chi connectivity index (χ1v) is 5.57. The van der Waals surface area contributed by atoms with E-state index < -0.39 is 23.3 Å². The molecule has 2 rings (SSSR count). The van der Waals surface area contributed by atoms with Crippen molar-refractivity contribution >= 4 is 12.0 Å². The molecule has 1 aliphatic heterocycles. The number of hydrogen-bond acceptors (Lipinski definition) is 2. The fraction of sp³-hybridized carbons (Fsp3) is 0.214. The molecule has 0 bridgehead atoms. The van der Waals surface area contributed by atoms with Crippen LogP contribution in [-0.4, -0.2) is 11.6 Å². The maximum Gasteiger partial charge on any atom is 0.416 e. The molecule has 1 aromatic carbocycles. The Balaban J connectivity index is 2.12. The quantitative estimate of drug-likeness (QED) is 0.766. The summed E-state index contributed by atoms with van der Waals surface area (Å²) in [6, 6.07) is 4.75. The minimum absolute atomic E-state index is 0.431. The van der Waals surface area contributed by atoms with Crippen molar-refractivity contribution in [1.82, 2.24) is 0 Å². The fourth-order valence-electron chi connectivity index (χ4n) is 1.65. The number of carbonyl (C=O) groups is 1. The normalized spacial score (nSPS) is 23.1. The van der Waals surface area contributed by atoms with Gasteiger partial charge in [0.25, 0.3) is 0 Å². The number of hydrogen-bond donors (Lipinski definition) is 0. The van der Waals surface area contributed by atoms with Crippen molar-refractivity contribution < 1.29 is 22.7 Å². The lowest BCUT2D eigenvalue weighted by Crippen LogP contribution is -2.20. The second-order valence-electron chi connectivity index (χ2n) is 4.39. The molecule has 100 valence electrons. The molecule has 1 heterocycles. The first-order valence-electron chi connectivity index (χ1n) is 5.57. The van der Waals surface area contributed by atoms with Crippen LogP contribution in [0.1, 0.15) is 18.1 Å². The number of esters is 1. The standard InChI is InChI=1S/C14H11F3O2/c1-13(9-7-12(18)19-13)8-6-10-2-4-11(5-3-10)14(15,16)17/h2-9H,1H3/b8-6+. The lowest BCUT2D eigenvalue weighted by molar-refractivity contribution is -0.141. The first-order chi connectivity index (χ1) is 8.78. The van der Waals surface area contributed by atoms with Gasteiger partial charge in [0.15, 0.2) is 0 Å². The van der Waals surface area contributed by atoms with Gasteiger partial charge in [-0.2, -0.15) is 13.2 Å². The van der Waals surface area contributed by atoms with E-state index in [9.17, 15) is 18.0 Å². The molecule has 0 aliphatic carbocycles. The summed E-state index contributed by atoms with van der Waals surface area (Å²) in [5.41, 5.74) is -0.923. The summed E-state index contributed by atoms with van der Waals surface area (Å²) in [5.74, 6) is -0.431. The second-order valence-corrected chi connectivity index (χ2v) is 4.39. The highest BCUT2D eigenvalue weighted by molar-refractivity contribution is 5.85. The number of rotatable bonds is 2. The van der Waals surface area contributed by atoms with Crippen molar-refractivity contribution in [3.05, 3.63) is 53.6 Å². The van der Waals surface area contributed by atoms with Gasteiger partial charge in [0.1, 0.15) is 5.60 Å². The number of alkyl halides is 3. The zero-order valence-corrected chi connectivity index (χ0v) is 10.1. The Bertz CT molecular complexity index is 541. The zero-order valence-electron chi connectivity index (χ0n) is 10.1. The van der Waals surface area contributed by atoms with E-state index in [4.69, 9.17) is 4.74 Å². The second kappa shape index (κ2) is 4.57. The van der Waals surface area contributed by atoms with Gasteiger partial charge in [0.2, 0.25) is 0 Å². The van der Waals surface area contributed by atoms with Crippen LogP contribution in [0.25, 0.3) is 6.08 Å². The number of ether oxygens (including phenoxy) is 1. The maximum atomic E-state index is 12.4. The molecule has 0 fully saturated rings. The van der Waals surface area contributed by atoms with Gasteiger partial charge in [-0.15, -0.1) is 0 Å². The van der Waals surface area contributed by atoms with Crippen molar-refractivity contribution in [1.29, 1.82) is 0 Å². The molecule has 0 spiro atoms. The van der Waals surface area contributed by atoms with Crippen LogP contribution in [0.3, 0.4) is 0 Å². The lowest BCUT2D eigenvalue weighted by atomic mass is 10.0. The Morgan fingerprint density at radius 1 is 1.21 bits per heavy atom. The Morgan fingerprint density at radius 2 is 1.84 bits per heavy atom. The Kier molecular flexibility index (Phi) is 3.22.